The summed E-state index contributed by atoms with van der Waals surface area (Å²) in [6, 6.07) is 10.5. The minimum Gasteiger partial charge on any atom is -0.365 e. The Kier molecular flexibility index (Phi) is 5.96. The number of nitriles is 1. The molecule has 5 heterocycles. The standard InChI is InChI=1S/C28H27FN10/c1-28(31,22-3-5-24(29)6-4-22)23-15-32-27(33-16-23)38-9-7-37(8-10-38)26-20(12-30)13-35-39-18-19(11-25(26)39)21-14-34-36(2)17-21/h3-6,11,13-18H,7-10,31H2,1-2H3. The minimum atomic E-state index is -0.850. The number of hydrogen-bond donors (Lipinski definition) is 1. The summed E-state index contributed by atoms with van der Waals surface area (Å²) in [6.45, 7) is 4.62. The normalized spacial score (nSPS) is 15.4. The van der Waals surface area contributed by atoms with Gasteiger partial charge < -0.3 is 15.5 Å². The lowest BCUT2D eigenvalue weighted by Gasteiger charge is -2.36. The Morgan fingerprint density at radius 1 is 0.897 bits per heavy atom. The zero-order chi connectivity index (χ0) is 27.1. The second-order valence-electron chi connectivity index (χ2n) is 9.94. The molecule has 0 amide bonds. The van der Waals surface area contributed by atoms with Gasteiger partial charge in [0.05, 0.1) is 34.7 Å². The third kappa shape index (κ3) is 4.45. The van der Waals surface area contributed by atoms with Crippen molar-refractivity contribution in [3.63, 3.8) is 0 Å². The predicted octanol–water partition coefficient (Wildman–Crippen LogP) is 3.08. The molecule has 5 aromatic rings. The summed E-state index contributed by atoms with van der Waals surface area (Å²) in [6.07, 6.45) is 10.8. The first-order chi connectivity index (χ1) is 18.8. The summed E-state index contributed by atoms with van der Waals surface area (Å²) in [4.78, 5) is 13.5. The summed E-state index contributed by atoms with van der Waals surface area (Å²) < 4.78 is 16.9. The molecule has 0 radical (unpaired) electrons. The maximum Gasteiger partial charge on any atom is 0.225 e. The van der Waals surface area contributed by atoms with Crippen molar-refractivity contribution in [3.8, 4) is 17.2 Å². The van der Waals surface area contributed by atoms with Gasteiger partial charge in [0.15, 0.2) is 0 Å². The fourth-order valence-corrected chi connectivity index (χ4v) is 5.03. The summed E-state index contributed by atoms with van der Waals surface area (Å²) in [5, 5.41) is 18.6. The lowest BCUT2D eigenvalue weighted by Crippen LogP contribution is -2.47. The van der Waals surface area contributed by atoms with Gasteiger partial charge in [-0.15, -0.1) is 0 Å². The van der Waals surface area contributed by atoms with Gasteiger partial charge in [0.2, 0.25) is 5.95 Å². The van der Waals surface area contributed by atoms with Crippen LogP contribution in [0.4, 0.5) is 16.0 Å². The molecule has 10 nitrogen and oxygen atoms in total. The third-order valence-corrected chi connectivity index (χ3v) is 7.33. The van der Waals surface area contributed by atoms with Gasteiger partial charge in [-0.05, 0) is 30.7 Å². The monoisotopic (exact) mass is 522 g/mol. The second kappa shape index (κ2) is 9.49. The lowest BCUT2D eigenvalue weighted by atomic mass is 9.87. The van der Waals surface area contributed by atoms with Crippen LogP contribution >= 0.6 is 0 Å². The van der Waals surface area contributed by atoms with E-state index in [0.29, 0.717) is 37.7 Å². The highest BCUT2D eigenvalue weighted by Crippen LogP contribution is 2.32. The van der Waals surface area contributed by atoms with E-state index in [0.717, 1.165) is 33.5 Å². The van der Waals surface area contributed by atoms with E-state index in [9.17, 15) is 9.65 Å². The largest absolute Gasteiger partial charge is 0.365 e. The van der Waals surface area contributed by atoms with E-state index in [1.54, 1.807) is 35.4 Å². The van der Waals surface area contributed by atoms with Crippen LogP contribution in [0.2, 0.25) is 0 Å². The molecule has 1 aromatic carbocycles. The molecule has 1 unspecified atom stereocenters. The zero-order valence-corrected chi connectivity index (χ0v) is 21.7. The molecule has 0 saturated carbocycles. The first-order valence-electron chi connectivity index (χ1n) is 12.6. The van der Waals surface area contributed by atoms with Crippen molar-refractivity contribution in [3.05, 3.63) is 90.0 Å². The molecule has 0 bridgehead atoms. The molecule has 0 spiro atoms. The number of anilines is 2. The molecule has 1 aliphatic rings. The number of halogens is 1. The van der Waals surface area contributed by atoms with Gasteiger partial charge in [-0.3, -0.25) is 4.68 Å². The smallest absolute Gasteiger partial charge is 0.225 e. The average molecular weight is 523 g/mol. The first-order valence-corrected chi connectivity index (χ1v) is 12.6. The van der Waals surface area contributed by atoms with Crippen LogP contribution in [0, 0.1) is 17.1 Å². The van der Waals surface area contributed by atoms with Crippen LogP contribution in [0.1, 0.15) is 23.6 Å². The molecule has 6 rings (SSSR count). The Hall–Kier alpha value is -4.82. The molecular formula is C28H27FN10. The van der Waals surface area contributed by atoms with Gasteiger partial charge in [0, 0.05) is 74.7 Å². The quantitative estimate of drug-likeness (QED) is 0.374. The van der Waals surface area contributed by atoms with Crippen molar-refractivity contribution < 1.29 is 4.39 Å². The topological polar surface area (TPSA) is 117 Å². The Labute approximate surface area is 224 Å². The lowest BCUT2D eigenvalue weighted by molar-refractivity contribution is 0.585. The van der Waals surface area contributed by atoms with Gasteiger partial charge in [-0.2, -0.15) is 15.5 Å². The number of rotatable bonds is 5. The number of nitrogens with zero attached hydrogens (tertiary/aromatic N) is 9. The molecule has 1 aliphatic heterocycles. The maximum atomic E-state index is 13.4. The summed E-state index contributed by atoms with van der Waals surface area (Å²) >= 11 is 0. The fourth-order valence-electron chi connectivity index (χ4n) is 5.03. The molecule has 4 aromatic heterocycles. The molecule has 0 aliphatic carbocycles. The van der Waals surface area contributed by atoms with Crippen LogP contribution in [0.25, 0.3) is 16.6 Å². The Morgan fingerprint density at radius 2 is 1.59 bits per heavy atom. The van der Waals surface area contributed by atoms with Gasteiger partial charge in [-0.1, -0.05) is 12.1 Å². The van der Waals surface area contributed by atoms with Crippen LogP contribution in [-0.2, 0) is 12.6 Å². The van der Waals surface area contributed by atoms with E-state index in [1.807, 2.05) is 37.1 Å². The van der Waals surface area contributed by atoms with E-state index in [4.69, 9.17) is 5.73 Å². The van der Waals surface area contributed by atoms with Crippen molar-refractivity contribution in [1.29, 1.82) is 5.26 Å². The molecule has 1 saturated heterocycles. The number of nitrogens with two attached hydrogens (primary N) is 1. The number of aryl methyl sites for hydroxylation is 1. The maximum absolute atomic E-state index is 13.4. The Balaban J connectivity index is 1.21. The molecular weight excluding hydrogens is 495 g/mol. The Morgan fingerprint density at radius 3 is 2.23 bits per heavy atom. The van der Waals surface area contributed by atoms with E-state index < -0.39 is 5.54 Å². The summed E-state index contributed by atoms with van der Waals surface area (Å²) in [5.74, 6) is 0.316. The average Bonchev–Trinajstić information content (AvgIpc) is 3.59. The van der Waals surface area contributed by atoms with Crippen LogP contribution in [-0.4, -0.2) is 55.5 Å². The number of hydrogen-bond acceptors (Lipinski definition) is 8. The third-order valence-electron chi connectivity index (χ3n) is 7.33. The number of aromatic nitrogens is 6. The van der Waals surface area contributed by atoms with Gasteiger partial charge >= 0.3 is 0 Å². The number of fused-ring (bicyclic) bond motifs is 1. The van der Waals surface area contributed by atoms with E-state index in [2.05, 4.69) is 42.1 Å². The highest BCUT2D eigenvalue weighted by Gasteiger charge is 2.27. The van der Waals surface area contributed by atoms with Crippen LogP contribution in [0.15, 0.2) is 67.5 Å². The molecule has 1 fully saturated rings. The van der Waals surface area contributed by atoms with Crippen LogP contribution in [0.3, 0.4) is 0 Å². The Bertz CT molecular complexity index is 1670. The molecule has 11 heteroatoms. The second-order valence-corrected chi connectivity index (χ2v) is 9.94. The number of piperazine rings is 1. The van der Waals surface area contributed by atoms with Gasteiger partial charge in [0.1, 0.15) is 11.9 Å². The molecule has 1 atom stereocenters. The highest BCUT2D eigenvalue weighted by atomic mass is 19.1. The predicted molar refractivity (Wildman–Crippen MR) is 146 cm³/mol. The molecule has 39 heavy (non-hydrogen) atoms. The number of benzene rings is 1. The van der Waals surface area contributed by atoms with E-state index >= 15 is 0 Å². The zero-order valence-electron chi connectivity index (χ0n) is 21.7. The van der Waals surface area contributed by atoms with Gasteiger partial charge in [-0.25, -0.2) is 18.9 Å². The summed E-state index contributed by atoms with van der Waals surface area (Å²) in [5.41, 5.74) is 11.5. The van der Waals surface area contributed by atoms with Gasteiger partial charge in [0.25, 0.3) is 0 Å². The first kappa shape index (κ1) is 24.5. The van der Waals surface area contributed by atoms with Crippen molar-refractivity contribution in [2.45, 2.75) is 12.5 Å². The highest BCUT2D eigenvalue weighted by molar-refractivity contribution is 5.83. The van der Waals surface area contributed by atoms with Crippen molar-refractivity contribution in [1.82, 2.24) is 29.4 Å². The molecule has 2 N–H and O–H groups in total. The van der Waals surface area contributed by atoms with E-state index in [1.165, 1.54) is 12.1 Å². The molecule has 196 valence electrons. The minimum absolute atomic E-state index is 0.305. The SMILES string of the molecule is Cn1cc(-c2cc3c(N4CCN(c5ncc(C(C)(N)c6ccc(F)cc6)cn5)CC4)c(C#N)cnn3c2)cn1. The fraction of sp³-hybridized carbons (Fsp3) is 0.250. The van der Waals surface area contributed by atoms with Crippen LogP contribution < -0.4 is 15.5 Å². The van der Waals surface area contributed by atoms with Crippen molar-refractivity contribution in [2.24, 2.45) is 12.8 Å². The van der Waals surface area contributed by atoms with E-state index in [-0.39, 0.29) is 5.82 Å². The summed E-state index contributed by atoms with van der Waals surface area (Å²) in [7, 11) is 1.88. The van der Waals surface area contributed by atoms with Crippen LogP contribution in [0.5, 0.6) is 0 Å². The van der Waals surface area contributed by atoms with Crippen molar-refractivity contribution in [2.75, 3.05) is 36.0 Å². The van der Waals surface area contributed by atoms with Crippen molar-refractivity contribution >= 4 is 17.2 Å².